The Morgan fingerprint density at radius 3 is 2.17 bits per heavy atom. The van der Waals surface area contributed by atoms with Crippen LogP contribution in [0.15, 0.2) is 24.3 Å². The highest BCUT2D eigenvalue weighted by molar-refractivity contribution is 5.83. The summed E-state index contributed by atoms with van der Waals surface area (Å²) in [6, 6.07) is 7.68. The SMILES string of the molecule is CC(C)C[C@H](NC(=O)CCCc1ccc(C(C)C)cc1)C(=O)O. The maximum atomic E-state index is 11.9. The predicted molar refractivity (Wildman–Crippen MR) is 92.5 cm³/mol. The number of carbonyl (C=O) groups is 2. The number of nitrogens with one attached hydrogen (secondary N) is 1. The Labute approximate surface area is 139 Å². The molecule has 0 saturated carbocycles. The maximum absolute atomic E-state index is 11.9. The molecule has 0 fully saturated rings. The number of carboxylic acid groups (broad SMARTS) is 1. The van der Waals surface area contributed by atoms with E-state index in [1.165, 1.54) is 11.1 Å². The van der Waals surface area contributed by atoms with Gasteiger partial charge in [-0.25, -0.2) is 4.79 Å². The second-order valence-corrected chi connectivity index (χ2v) is 6.84. The van der Waals surface area contributed by atoms with Gasteiger partial charge in [0.05, 0.1) is 0 Å². The number of aliphatic carboxylic acids is 1. The molecule has 1 aromatic carbocycles. The van der Waals surface area contributed by atoms with Crippen LogP contribution >= 0.6 is 0 Å². The van der Waals surface area contributed by atoms with E-state index in [1.807, 2.05) is 13.8 Å². The Kier molecular flexibility index (Phi) is 7.79. The summed E-state index contributed by atoms with van der Waals surface area (Å²) in [7, 11) is 0. The van der Waals surface area contributed by atoms with E-state index in [2.05, 4.69) is 43.4 Å². The number of carboxylic acids is 1. The van der Waals surface area contributed by atoms with Gasteiger partial charge in [-0.15, -0.1) is 0 Å². The largest absolute Gasteiger partial charge is 0.480 e. The number of benzene rings is 1. The van der Waals surface area contributed by atoms with Crippen molar-refractivity contribution in [3.8, 4) is 0 Å². The number of rotatable bonds is 9. The third kappa shape index (κ3) is 7.31. The van der Waals surface area contributed by atoms with E-state index < -0.39 is 12.0 Å². The summed E-state index contributed by atoms with van der Waals surface area (Å²) in [6.07, 6.45) is 2.36. The van der Waals surface area contributed by atoms with Crippen LogP contribution in [0.2, 0.25) is 0 Å². The molecule has 1 aromatic rings. The zero-order chi connectivity index (χ0) is 17.4. The normalized spacial score (nSPS) is 12.4. The first-order chi connectivity index (χ1) is 10.8. The minimum absolute atomic E-state index is 0.183. The van der Waals surface area contributed by atoms with Crippen molar-refractivity contribution in [1.29, 1.82) is 0 Å². The lowest BCUT2D eigenvalue weighted by molar-refractivity contribution is -0.142. The van der Waals surface area contributed by atoms with Crippen LogP contribution in [-0.2, 0) is 16.0 Å². The highest BCUT2D eigenvalue weighted by atomic mass is 16.4. The van der Waals surface area contributed by atoms with E-state index in [0.717, 1.165) is 12.8 Å². The van der Waals surface area contributed by atoms with E-state index in [9.17, 15) is 9.59 Å². The van der Waals surface area contributed by atoms with Crippen LogP contribution < -0.4 is 5.32 Å². The van der Waals surface area contributed by atoms with Crippen molar-refractivity contribution in [2.45, 2.75) is 65.3 Å². The maximum Gasteiger partial charge on any atom is 0.326 e. The standard InChI is InChI=1S/C19H29NO3/c1-13(2)12-17(19(22)23)20-18(21)7-5-6-15-8-10-16(11-9-15)14(3)4/h8-11,13-14,17H,5-7,12H2,1-4H3,(H,20,21)(H,22,23)/t17-/m0/s1. The lowest BCUT2D eigenvalue weighted by Gasteiger charge is -2.16. The fraction of sp³-hybridized carbons (Fsp3) is 0.579. The van der Waals surface area contributed by atoms with Crippen molar-refractivity contribution in [3.05, 3.63) is 35.4 Å². The monoisotopic (exact) mass is 319 g/mol. The zero-order valence-corrected chi connectivity index (χ0v) is 14.6. The molecule has 2 N–H and O–H groups in total. The second-order valence-electron chi connectivity index (χ2n) is 6.84. The van der Waals surface area contributed by atoms with Crippen LogP contribution in [0.5, 0.6) is 0 Å². The van der Waals surface area contributed by atoms with Crippen molar-refractivity contribution >= 4 is 11.9 Å². The summed E-state index contributed by atoms with van der Waals surface area (Å²) >= 11 is 0. The molecule has 0 spiro atoms. The molecule has 4 nitrogen and oxygen atoms in total. The van der Waals surface area contributed by atoms with E-state index in [4.69, 9.17) is 5.11 Å². The molecule has 0 aliphatic rings. The number of hydrogen-bond acceptors (Lipinski definition) is 2. The van der Waals surface area contributed by atoms with Crippen LogP contribution in [-0.4, -0.2) is 23.0 Å². The molecule has 1 atom stereocenters. The Morgan fingerprint density at radius 1 is 1.09 bits per heavy atom. The van der Waals surface area contributed by atoms with Gasteiger partial charge in [-0.3, -0.25) is 4.79 Å². The van der Waals surface area contributed by atoms with E-state index in [-0.39, 0.29) is 11.8 Å². The Hall–Kier alpha value is -1.84. The Bertz CT molecular complexity index is 506. The third-order valence-electron chi connectivity index (χ3n) is 3.86. The molecule has 0 unspecified atom stereocenters. The molecule has 1 rings (SSSR count). The van der Waals surface area contributed by atoms with E-state index >= 15 is 0 Å². The van der Waals surface area contributed by atoms with E-state index in [1.54, 1.807) is 0 Å². The topological polar surface area (TPSA) is 66.4 Å². The molecule has 0 radical (unpaired) electrons. The summed E-state index contributed by atoms with van der Waals surface area (Å²) in [4.78, 5) is 23.0. The molecule has 23 heavy (non-hydrogen) atoms. The van der Waals surface area contributed by atoms with Gasteiger partial charge < -0.3 is 10.4 Å². The zero-order valence-electron chi connectivity index (χ0n) is 14.6. The lowest BCUT2D eigenvalue weighted by Crippen LogP contribution is -2.41. The van der Waals surface area contributed by atoms with Crippen molar-refractivity contribution < 1.29 is 14.7 Å². The molecule has 4 heteroatoms. The van der Waals surface area contributed by atoms with Gasteiger partial charge >= 0.3 is 5.97 Å². The summed E-state index contributed by atoms with van der Waals surface area (Å²) in [5.41, 5.74) is 2.52. The number of carbonyl (C=O) groups excluding carboxylic acids is 1. The molecule has 0 saturated heterocycles. The fourth-order valence-corrected chi connectivity index (χ4v) is 2.48. The third-order valence-corrected chi connectivity index (χ3v) is 3.86. The molecule has 0 aromatic heterocycles. The lowest BCUT2D eigenvalue weighted by atomic mass is 10.00. The smallest absolute Gasteiger partial charge is 0.326 e. The first-order valence-electron chi connectivity index (χ1n) is 8.40. The summed E-state index contributed by atoms with van der Waals surface area (Å²) in [6.45, 7) is 8.22. The van der Waals surface area contributed by atoms with Crippen molar-refractivity contribution in [1.82, 2.24) is 5.32 Å². The van der Waals surface area contributed by atoms with Gasteiger partial charge in [0.2, 0.25) is 5.91 Å². The second kappa shape index (κ2) is 9.33. The summed E-state index contributed by atoms with van der Waals surface area (Å²) < 4.78 is 0. The highest BCUT2D eigenvalue weighted by Gasteiger charge is 2.20. The average molecular weight is 319 g/mol. The molecular weight excluding hydrogens is 290 g/mol. The van der Waals surface area contributed by atoms with Crippen molar-refractivity contribution in [3.63, 3.8) is 0 Å². The summed E-state index contributed by atoms with van der Waals surface area (Å²) in [5.74, 6) is -0.396. The minimum Gasteiger partial charge on any atom is -0.480 e. The molecule has 128 valence electrons. The quantitative estimate of drug-likeness (QED) is 0.728. The van der Waals surface area contributed by atoms with Gasteiger partial charge in [0.1, 0.15) is 6.04 Å². The molecule has 1 amide bonds. The molecule has 0 bridgehead atoms. The number of hydrogen-bond donors (Lipinski definition) is 2. The van der Waals surface area contributed by atoms with Gasteiger partial charge in [0, 0.05) is 6.42 Å². The van der Waals surface area contributed by atoms with Gasteiger partial charge in [0.15, 0.2) is 0 Å². The Morgan fingerprint density at radius 2 is 1.70 bits per heavy atom. The first kappa shape index (κ1) is 19.2. The fourth-order valence-electron chi connectivity index (χ4n) is 2.48. The van der Waals surface area contributed by atoms with Crippen LogP contribution in [0.25, 0.3) is 0 Å². The van der Waals surface area contributed by atoms with Crippen LogP contribution in [0.4, 0.5) is 0 Å². The van der Waals surface area contributed by atoms with Gasteiger partial charge in [-0.1, -0.05) is 52.0 Å². The molecule has 0 heterocycles. The van der Waals surface area contributed by atoms with Gasteiger partial charge in [0.25, 0.3) is 0 Å². The predicted octanol–water partition coefficient (Wildman–Crippen LogP) is 3.75. The molecule has 0 aliphatic carbocycles. The van der Waals surface area contributed by atoms with Crippen LogP contribution in [0, 0.1) is 5.92 Å². The van der Waals surface area contributed by atoms with Crippen molar-refractivity contribution in [2.24, 2.45) is 5.92 Å². The first-order valence-corrected chi connectivity index (χ1v) is 8.40. The minimum atomic E-state index is -0.962. The molecular formula is C19H29NO3. The van der Waals surface area contributed by atoms with Gasteiger partial charge in [-0.2, -0.15) is 0 Å². The van der Waals surface area contributed by atoms with Crippen LogP contribution in [0.3, 0.4) is 0 Å². The Balaban J connectivity index is 2.39. The van der Waals surface area contributed by atoms with Crippen LogP contribution in [0.1, 0.15) is 64.0 Å². The van der Waals surface area contributed by atoms with Gasteiger partial charge in [-0.05, 0) is 42.2 Å². The highest BCUT2D eigenvalue weighted by Crippen LogP contribution is 2.15. The summed E-state index contributed by atoms with van der Waals surface area (Å²) in [5, 5.41) is 11.8. The number of aryl methyl sites for hydroxylation is 1. The molecule has 0 aliphatic heterocycles. The van der Waals surface area contributed by atoms with Crippen molar-refractivity contribution in [2.75, 3.05) is 0 Å². The average Bonchev–Trinajstić information content (AvgIpc) is 2.46. The van der Waals surface area contributed by atoms with E-state index in [0.29, 0.717) is 18.8 Å². The number of amides is 1.